The van der Waals surface area contributed by atoms with E-state index in [1.807, 2.05) is 34.0 Å². The molecule has 2 aromatic carbocycles. The van der Waals surface area contributed by atoms with Crippen LogP contribution >= 0.6 is 11.8 Å². The van der Waals surface area contributed by atoms with E-state index in [2.05, 4.69) is 5.32 Å². The third-order valence-corrected chi connectivity index (χ3v) is 5.66. The quantitative estimate of drug-likeness (QED) is 0.212. The Labute approximate surface area is 214 Å². The molecule has 1 aliphatic heterocycles. The molecule has 2 aromatic rings. The standard InChI is InChI=1S/C24H19NO6S.2C2H6/c1-32-9-8-25-23(28)13-2-5-16(24(29)30)19(10-13)22-17-6-3-14(26)11-20(17)31-21-12-15(27)4-7-18(21)22;2*1-2/h2-7,10-12,26H,8-9H2,1H3,(H,25,28)(H,29,30);2*1-2H3. The van der Waals surface area contributed by atoms with E-state index in [0.717, 1.165) is 5.75 Å². The topological polar surface area (TPSA) is 117 Å². The fourth-order valence-electron chi connectivity index (χ4n) is 3.60. The van der Waals surface area contributed by atoms with E-state index in [0.29, 0.717) is 34.2 Å². The van der Waals surface area contributed by atoms with Crippen LogP contribution in [0.5, 0.6) is 5.75 Å². The van der Waals surface area contributed by atoms with Gasteiger partial charge in [-0.25, -0.2) is 4.79 Å². The summed E-state index contributed by atoms with van der Waals surface area (Å²) in [7, 11) is 0. The number of fused-ring (bicyclic) bond motifs is 2. The molecule has 1 heterocycles. The van der Waals surface area contributed by atoms with Crippen molar-refractivity contribution in [1.29, 1.82) is 0 Å². The van der Waals surface area contributed by atoms with Crippen LogP contribution in [-0.2, 0) is 0 Å². The molecule has 0 radical (unpaired) electrons. The first-order chi connectivity index (χ1) is 17.4. The summed E-state index contributed by atoms with van der Waals surface area (Å²) in [4.78, 5) is 36.6. The van der Waals surface area contributed by atoms with Gasteiger partial charge in [-0.15, -0.1) is 0 Å². The first kappa shape index (κ1) is 28.5. The molecular formula is C28H31NO6S. The highest BCUT2D eigenvalue weighted by molar-refractivity contribution is 7.98. The second-order valence-corrected chi connectivity index (χ2v) is 8.12. The lowest BCUT2D eigenvalue weighted by Crippen LogP contribution is -2.25. The minimum atomic E-state index is -1.16. The molecule has 3 N–H and O–H groups in total. The number of thioether (sulfide) groups is 1. The fourth-order valence-corrected chi connectivity index (χ4v) is 3.90. The van der Waals surface area contributed by atoms with E-state index in [1.54, 1.807) is 23.9 Å². The van der Waals surface area contributed by atoms with Gasteiger partial charge in [-0.05, 0) is 54.3 Å². The molecule has 0 spiro atoms. The van der Waals surface area contributed by atoms with Crippen LogP contribution in [0.25, 0.3) is 33.4 Å². The van der Waals surface area contributed by atoms with Crippen LogP contribution in [0, 0.1) is 0 Å². The molecule has 1 amide bonds. The van der Waals surface area contributed by atoms with Crippen molar-refractivity contribution in [1.82, 2.24) is 5.32 Å². The number of nitrogens with one attached hydrogen (secondary N) is 1. The van der Waals surface area contributed by atoms with Crippen molar-refractivity contribution >= 4 is 34.6 Å². The second-order valence-electron chi connectivity index (χ2n) is 7.13. The molecule has 2 aliphatic rings. The van der Waals surface area contributed by atoms with Crippen molar-refractivity contribution in [2.45, 2.75) is 27.7 Å². The number of carbonyl (C=O) groups excluding carboxylic acids is 1. The van der Waals surface area contributed by atoms with Crippen molar-refractivity contribution in [3.63, 3.8) is 0 Å². The van der Waals surface area contributed by atoms with Gasteiger partial charge >= 0.3 is 5.97 Å². The highest BCUT2D eigenvalue weighted by Gasteiger charge is 2.23. The Morgan fingerprint density at radius 2 is 1.67 bits per heavy atom. The normalized spacial score (nSPS) is 10.1. The minimum Gasteiger partial charge on any atom is -0.508 e. The van der Waals surface area contributed by atoms with Gasteiger partial charge in [0.15, 0.2) is 5.43 Å². The number of amides is 1. The molecule has 7 nitrogen and oxygen atoms in total. The van der Waals surface area contributed by atoms with Crippen LogP contribution in [0.3, 0.4) is 0 Å². The molecule has 0 bridgehead atoms. The number of phenolic OH excluding ortho intramolecular Hbond substituents is 1. The summed E-state index contributed by atoms with van der Waals surface area (Å²) >= 11 is 1.60. The van der Waals surface area contributed by atoms with Gasteiger partial charge in [0.25, 0.3) is 5.91 Å². The number of hydrogen-bond acceptors (Lipinski definition) is 6. The summed E-state index contributed by atoms with van der Waals surface area (Å²) < 4.78 is 5.82. The highest BCUT2D eigenvalue weighted by Crippen LogP contribution is 2.42. The maximum Gasteiger partial charge on any atom is 0.336 e. The Kier molecular flexibility index (Phi) is 10.5. The zero-order chi connectivity index (χ0) is 26.8. The Bertz CT molecular complexity index is 1380. The lowest BCUT2D eigenvalue weighted by atomic mass is 9.89. The number of carboxylic acid groups (broad SMARTS) is 1. The van der Waals surface area contributed by atoms with Crippen molar-refractivity contribution in [2.75, 3.05) is 18.6 Å². The largest absolute Gasteiger partial charge is 0.508 e. The lowest BCUT2D eigenvalue weighted by molar-refractivity contribution is 0.0697. The number of aromatic carboxylic acids is 1. The lowest BCUT2D eigenvalue weighted by Gasteiger charge is -2.17. The minimum absolute atomic E-state index is 0.00117. The Morgan fingerprint density at radius 1 is 0.944 bits per heavy atom. The first-order valence-electron chi connectivity index (χ1n) is 11.7. The number of benzene rings is 3. The maximum atomic E-state index is 12.6. The molecule has 0 saturated carbocycles. The van der Waals surface area contributed by atoms with Crippen molar-refractivity contribution in [2.24, 2.45) is 0 Å². The fraction of sp³-hybridized carbons (Fsp3) is 0.250. The predicted molar refractivity (Wildman–Crippen MR) is 147 cm³/mol. The molecule has 0 saturated heterocycles. The predicted octanol–water partition coefficient (Wildman–Crippen LogP) is 6.11. The van der Waals surface area contributed by atoms with Crippen LogP contribution in [0.4, 0.5) is 0 Å². The summed E-state index contributed by atoms with van der Waals surface area (Å²) in [6.07, 6.45) is 1.94. The molecule has 36 heavy (non-hydrogen) atoms. The molecule has 190 valence electrons. The summed E-state index contributed by atoms with van der Waals surface area (Å²) in [6, 6.07) is 13.1. The zero-order valence-electron chi connectivity index (χ0n) is 21.0. The second kappa shape index (κ2) is 13.3. The molecule has 0 atom stereocenters. The average Bonchev–Trinajstić information content (AvgIpc) is 2.89. The van der Waals surface area contributed by atoms with Crippen molar-refractivity contribution in [3.8, 4) is 28.2 Å². The number of carbonyl (C=O) groups is 2. The Balaban J connectivity index is 0.00000109. The SMILES string of the molecule is CC.CC.CSCCNC(=O)c1ccc(C(=O)O)c(-c2c3ccc(=O)cc-3oc3cc(O)ccc23)c1. The van der Waals surface area contributed by atoms with Crippen LogP contribution in [0.2, 0.25) is 0 Å². The summed E-state index contributed by atoms with van der Waals surface area (Å²) in [5.74, 6) is -0.508. The third kappa shape index (κ3) is 6.26. The Morgan fingerprint density at radius 3 is 2.33 bits per heavy atom. The van der Waals surface area contributed by atoms with E-state index in [1.165, 1.54) is 42.5 Å². The van der Waals surface area contributed by atoms with Gasteiger partial charge in [0.2, 0.25) is 0 Å². The molecule has 0 unspecified atom stereocenters. The molecule has 8 heteroatoms. The van der Waals surface area contributed by atoms with Gasteiger partial charge in [-0.3, -0.25) is 9.59 Å². The van der Waals surface area contributed by atoms with Gasteiger partial charge < -0.3 is 19.9 Å². The van der Waals surface area contributed by atoms with Crippen molar-refractivity contribution in [3.05, 3.63) is 75.9 Å². The van der Waals surface area contributed by atoms with Gasteiger partial charge in [-0.2, -0.15) is 11.8 Å². The first-order valence-corrected chi connectivity index (χ1v) is 13.1. The van der Waals surface area contributed by atoms with E-state index in [-0.39, 0.29) is 34.0 Å². The highest BCUT2D eigenvalue weighted by atomic mass is 32.2. The summed E-state index contributed by atoms with van der Waals surface area (Å²) in [5, 5.41) is 23.1. The zero-order valence-corrected chi connectivity index (χ0v) is 21.9. The van der Waals surface area contributed by atoms with Crippen molar-refractivity contribution < 1.29 is 24.2 Å². The van der Waals surface area contributed by atoms with E-state index < -0.39 is 5.97 Å². The number of rotatable bonds is 6. The molecule has 0 fully saturated rings. The number of hydrogen-bond donors (Lipinski definition) is 3. The average molecular weight is 510 g/mol. The van der Waals surface area contributed by atoms with Crippen LogP contribution in [0.15, 0.2) is 63.8 Å². The monoisotopic (exact) mass is 509 g/mol. The Hall–Kier alpha value is -3.78. The van der Waals surface area contributed by atoms with Crippen LogP contribution in [0.1, 0.15) is 48.4 Å². The molecular weight excluding hydrogens is 478 g/mol. The number of aromatic hydroxyl groups is 1. The van der Waals surface area contributed by atoms with Gasteiger partial charge in [-0.1, -0.05) is 27.7 Å². The van der Waals surface area contributed by atoms with E-state index in [9.17, 15) is 24.6 Å². The number of phenols is 1. The van der Waals surface area contributed by atoms with E-state index in [4.69, 9.17) is 4.42 Å². The van der Waals surface area contributed by atoms with Gasteiger partial charge in [0, 0.05) is 46.5 Å². The third-order valence-electron chi connectivity index (χ3n) is 5.05. The summed E-state index contributed by atoms with van der Waals surface area (Å²) in [5.41, 5.74) is 1.65. The van der Waals surface area contributed by atoms with Gasteiger partial charge in [0.1, 0.15) is 17.1 Å². The molecule has 4 rings (SSSR count). The maximum absolute atomic E-state index is 12.6. The van der Waals surface area contributed by atoms with Crippen LogP contribution in [-0.4, -0.2) is 40.6 Å². The molecule has 0 aromatic heterocycles. The van der Waals surface area contributed by atoms with E-state index >= 15 is 0 Å². The molecule has 1 aliphatic carbocycles. The van der Waals surface area contributed by atoms with Crippen LogP contribution < -0.4 is 10.7 Å². The smallest absolute Gasteiger partial charge is 0.336 e. The number of carboxylic acids is 1. The van der Waals surface area contributed by atoms with Gasteiger partial charge in [0.05, 0.1) is 5.56 Å². The summed E-state index contributed by atoms with van der Waals surface area (Å²) in [6.45, 7) is 8.48.